The SMILES string of the molecule is O=C(O)c1ccc(-c2ccccc2)cc1NSCCC1CCCC1. The lowest BCUT2D eigenvalue weighted by Crippen LogP contribution is -2.03. The largest absolute Gasteiger partial charge is 0.478 e. The maximum absolute atomic E-state index is 11.5. The van der Waals surface area contributed by atoms with E-state index in [0.29, 0.717) is 11.3 Å². The molecule has 0 spiro atoms. The molecule has 0 heterocycles. The van der Waals surface area contributed by atoms with Crippen LogP contribution in [0.15, 0.2) is 48.5 Å². The molecule has 1 aliphatic rings. The summed E-state index contributed by atoms with van der Waals surface area (Å²) in [6.07, 6.45) is 6.64. The third-order valence-corrected chi connectivity index (χ3v) is 5.45. The minimum Gasteiger partial charge on any atom is -0.478 e. The van der Waals surface area contributed by atoms with E-state index in [1.165, 1.54) is 32.1 Å². The first-order chi connectivity index (χ1) is 11.7. The number of nitrogens with one attached hydrogen (secondary N) is 1. The molecule has 0 radical (unpaired) electrons. The fourth-order valence-electron chi connectivity index (χ4n) is 3.28. The van der Waals surface area contributed by atoms with Gasteiger partial charge in [-0.05, 0) is 35.6 Å². The molecule has 0 aromatic heterocycles. The summed E-state index contributed by atoms with van der Waals surface area (Å²) >= 11 is 1.62. The maximum Gasteiger partial charge on any atom is 0.337 e. The fourth-order valence-corrected chi connectivity index (χ4v) is 4.16. The smallest absolute Gasteiger partial charge is 0.337 e. The summed E-state index contributed by atoms with van der Waals surface area (Å²) in [4.78, 5) is 11.5. The Kier molecular flexibility index (Phi) is 5.81. The summed E-state index contributed by atoms with van der Waals surface area (Å²) in [5.41, 5.74) is 3.12. The van der Waals surface area contributed by atoms with E-state index in [0.717, 1.165) is 22.8 Å². The van der Waals surface area contributed by atoms with E-state index in [1.54, 1.807) is 18.0 Å². The van der Waals surface area contributed by atoms with Crippen molar-refractivity contribution in [3.05, 3.63) is 54.1 Å². The molecule has 0 aliphatic heterocycles. The molecule has 4 heteroatoms. The zero-order valence-electron chi connectivity index (χ0n) is 13.7. The highest BCUT2D eigenvalue weighted by Crippen LogP contribution is 2.30. The molecule has 3 rings (SSSR count). The van der Waals surface area contributed by atoms with Crippen LogP contribution in [0.4, 0.5) is 5.69 Å². The third-order valence-electron chi connectivity index (χ3n) is 4.64. The number of carboxylic acid groups (broad SMARTS) is 1. The zero-order chi connectivity index (χ0) is 16.8. The van der Waals surface area contributed by atoms with Crippen LogP contribution in [-0.4, -0.2) is 16.8 Å². The standard InChI is InChI=1S/C20H23NO2S/c22-20(23)18-11-10-17(16-8-2-1-3-9-16)14-19(18)21-24-13-12-15-6-4-5-7-15/h1-3,8-11,14-15,21H,4-7,12-13H2,(H,22,23). The third kappa shape index (κ3) is 4.32. The van der Waals surface area contributed by atoms with E-state index < -0.39 is 5.97 Å². The van der Waals surface area contributed by atoms with Crippen molar-refractivity contribution in [2.75, 3.05) is 10.5 Å². The van der Waals surface area contributed by atoms with Crippen LogP contribution in [-0.2, 0) is 0 Å². The normalized spacial score (nSPS) is 14.7. The van der Waals surface area contributed by atoms with Gasteiger partial charge in [0.05, 0.1) is 11.3 Å². The predicted octanol–water partition coefficient (Wildman–Crippen LogP) is 5.69. The van der Waals surface area contributed by atoms with Gasteiger partial charge in [-0.3, -0.25) is 0 Å². The Morgan fingerprint density at radius 3 is 2.54 bits per heavy atom. The van der Waals surface area contributed by atoms with Gasteiger partial charge in [0, 0.05) is 5.75 Å². The minimum atomic E-state index is -0.895. The molecular formula is C20H23NO2S. The quantitative estimate of drug-likeness (QED) is 0.501. The highest BCUT2D eigenvalue weighted by molar-refractivity contribution is 8.00. The summed E-state index contributed by atoms with van der Waals surface area (Å²) in [6, 6.07) is 15.5. The number of hydrogen-bond acceptors (Lipinski definition) is 3. The number of benzene rings is 2. The fraction of sp³-hybridized carbons (Fsp3) is 0.350. The molecule has 0 unspecified atom stereocenters. The first-order valence-electron chi connectivity index (χ1n) is 8.54. The second-order valence-corrected chi connectivity index (χ2v) is 7.22. The minimum absolute atomic E-state index is 0.322. The molecule has 2 aromatic rings. The monoisotopic (exact) mass is 341 g/mol. The number of hydrogen-bond donors (Lipinski definition) is 2. The van der Waals surface area contributed by atoms with Crippen LogP contribution in [0.3, 0.4) is 0 Å². The van der Waals surface area contributed by atoms with Crippen molar-refractivity contribution in [2.45, 2.75) is 32.1 Å². The van der Waals surface area contributed by atoms with Gasteiger partial charge in [0.1, 0.15) is 0 Å². The lowest BCUT2D eigenvalue weighted by atomic mass is 10.0. The van der Waals surface area contributed by atoms with Crippen LogP contribution in [0.2, 0.25) is 0 Å². The van der Waals surface area contributed by atoms with E-state index >= 15 is 0 Å². The van der Waals surface area contributed by atoms with Gasteiger partial charge in [-0.1, -0.05) is 74.0 Å². The average molecular weight is 341 g/mol. The zero-order valence-corrected chi connectivity index (χ0v) is 14.5. The summed E-state index contributed by atoms with van der Waals surface area (Å²) in [7, 11) is 0. The Hall–Kier alpha value is -1.94. The lowest BCUT2D eigenvalue weighted by Gasteiger charge is -2.13. The molecule has 1 saturated carbocycles. The van der Waals surface area contributed by atoms with E-state index in [2.05, 4.69) is 4.72 Å². The topological polar surface area (TPSA) is 49.3 Å². The van der Waals surface area contributed by atoms with Crippen LogP contribution in [0, 0.1) is 5.92 Å². The summed E-state index contributed by atoms with van der Waals surface area (Å²) in [5, 5.41) is 9.41. The predicted molar refractivity (Wildman–Crippen MR) is 101 cm³/mol. The number of carbonyl (C=O) groups is 1. The van der Waals surface area contributed by atoms with Gasteiger partial charge in [-0.25, -0.2) is 4.79 Å². The molecule has 0 atom stereocenters. The van der Waals surface area contributed by atoms with Crippen molar-refractivity contribution in [3.8, 4) is 11.1 Å². The van der Waals surface area contributed by atoms with Gasteiger partial charge in [0.15, 0.2) is 0 Å². The van der Waals surface area contributed by atoms with E-state index in [9.17, 15) is 9.90 Å². The second-order valence-electron chi connectivity index (χ2n) is 6.32. The van der Waals surface area contributed by atoms with E-state index in [-0.39, 0.29) is 0 Å². The lowest BCUT2D eigenvalue weighted by molar-refractivity contribution is 0.0698. The molecule has 24 heavy (non-hydrogen) atoms. The Morgan fingerprint density at radius 2 is 1.83 bits per heavy atom. The van der Waals surface area contributed by atoms with Crippen LogP contribution in [0.1, 0.15) is 42.5 Å². The molecule has 2 aromatic carbocycles. The van der Waals surface area contributed by atoms with Crippen LogP contribution < -0.4 is 4.72 Å². The van der Waals surface area contributed by atoms with Gasteiger partial charge < -0.3 is 9.83 Å². The Morgan fingerprint density at radius 1 is 1.08 bits per heavy atom. The highest BCUT2D eigenvalue weighted by atomic mass is 32.2. The first kappa shape index (κ1) is 16.9. The van der Waals surface area contributed by atoms with E-state index in [4.69, 9.17) is 0 Å². The molecule has 0 bridgehead atoms. The van der Waals surface area contributed by atoms with Gasteiger partial charge in [0.2, 0.25) is 0 Å². The molecule has 0 amide bonds. The van der Waals surface area contributed by atoms with Crippen LogP contribution in [0.5, 0.6) is 0 Å². The number of anilines is 1. The molecule has 3 nitrogen and oxygen atoms in total. The van der Waals surface area contributed by atoms with Crippen LogP contribution >= 0.6 is 11.9 Å². The number of aromatic carboxylic acids is 1. The Balaban J connectivity index is 1.68. The number of carboxylic acids is 1. The summed E-state index contributed by atoms with van der Waals surface area (Å²) < 4.78 is 3.26. The highest BCUT2D eigenvalue weighted by Gasteiger charge is 2.15. The summed E-state index contributed by atoms with van der Waals surface area (Å²) in [6.45, 7) is 0. The second kappa shape index (κ2) is 8.25. The molecule has 126 valence electrons. The molecule has 2 N–H and O–H groups in total. The van der Waals surface area contributed by atoms with Crippen molar-refractivity contribution in [3.63, 3.8) is 0 Å². The van der Waals surface area contributed by atoms with Crippen molar-refractivity contribution >= 4 is 23.6 Å². The van der Waals surface area contributed by atoms with Gasteiger partial charge in [0.25, 0.3) is 0 Å². The van der Waals surface area contributed by atoms with Gasteiger partial charge in [-0.2, -0.15) is 0 Å². The van der Waals surface area contributed by atoms with Crippen molar-refractivity contribution in [2.24, 2.45) is 5.92 Å². The maximum atomic E-state index is 11.5. The van der Waals surface area contributed by atoms with Crippen LogP contribution in [0.25, 0.3) is 11.1 Å². The van der Waals surface area contributed by atoms with Crippen molar-refractivity contribution in [1.29, 1.82) is 0 Å². The molecule has 1 fully saturated rings. The van der Waals surface area contributed by atoms with Gasteiger partial charge >= 0.3 is 5.97 Å². The molecule has 0 saturated heterocycles. The van der Waals surface area contributed by atoms with E-state index in [1.807, 2.05) is 42.5 Å². The van der Waals surface area contributed by atoms with Crippen molar-refractivity contribution in [1.82, 2.24) is 0 Å². The number of rotatable bonds is 7. The molecule has 1 aliphatic carbocycles. The van der Waals surface area contributed by atoms with Crippen molar-refractivity contribution < 1.29 is 9.90 Å². The summed E-state index contributed by atoms with van der Waals surface area (Å²) in [5.74, 6) is 0.974. The first-order valence-corrected chi connectivity index (χ1v) is 9.53. The Labute approximate surface area is 147 Å². The molecular weight excluding hydrogens is 318 g/mol. The average Bonchev–Trinajstić information content (AvgIpc) is 3.12. The Bertz CT molecular complexity index is 681. The van der Waals surface area contributed by atoms with Gasteiger partial charge in [-0.15, -0.1) is 0 Å².